The number of esters is 1. The number of hydrogen-bond donors (Lipinski definition) is 1. The topological polar surface area (TPSA) is 92.5 Å². The molecule has 0 radical (unpaired) electrons. The Morgan fingerprint density at radius 1 is 1.31 bits per heavy atom. The van der Waals surface area contributed by atoms with Crippen LogP contribution in [-0.2, 0) is 20.9 Å². The molecule has 0 aliphatic carbocycles. The minimum Gasteiger partial charge on any atom is -0.550 e. The molecule has 0 aliphatic heterocycles. The third-order valence-corrected chi connectivity index (χ3v) is 1.91. The fourth-order valence-corrected chi connectivity index (χ4v) is 1.10. The molecule has 1 aromatic rings. The van der Waals surface area contributed by atoms with Crippen LogP contribution < -0.4 is 10.8 Å². The van der Waals surface area contributed by atoms with E-state index < -0.39 is 24.4 Å². The molecule has 5 nitrogen and oxygen atoms in total. The Morgan fingerprint density at radius 2 is 1.94 bits per heavy atom. The summed E-state index contributed by atoms with van der Waals surface area (Å²) in [6.07, 6.45) is -0.534. The van der Waals surface area contributed by atoms with Crippen molar-refractivity contribution in [2.24, 2.45) is 5.73 Å². The van der Waals surface area contributed by atoms with Gasteiger partial charge in [-0.3, -0.25) is 4.79 Å². The highest BCUT2D eigenvalue weighted by atomic mass is 16.5. The first-order chi connectivity index (χ1) is 7.59. The number of hydrogen-bond acceptors (Lipinski definition) is 5. The van der Waals surface area contributed by atoms with Gasteiger partial charge in [0.25, 0.3) is 0 Å². The number of ether oxygens (including phenoxy) is 1. The van der Waals surface area contributed by atoms with Crippen LogP contribution in [0.5, 0.6) is 0 Å². The van der Waals surface area contributed by atoms with Crippen LogP contribution in [0.2, 0.25) is 0 Å². The summed E-state index contributed by atoms with van der Waals surface area (Å²) in [4.78, 5) is 21.4. The van der Waals surface area contributed by atoms with Crippen LogP contribution in [0.15, 0.2) is 30.3 Å². The number of carbonyl (C=O) groups excluding carboxylic acids is 2. The van der Waals surface area contributed by atoms with E-state index in [1.165, 1.54) is 0 Å². The molecular formula is C11H12NO4-. The van der Waals surface area contributed by atoms with Gasteiger partial charge in [0, 0.05) is 12.4 Å². The smallest absolute Gasteiger partial charge is 0.323 e. The second kappa shape index (κ2) is 5.87. The van der Waals surface area contributed by atoms with E-state index in [1.54, 1.807) is 12.1 Å². The largest absolute Gasteiger partial charge is 0.550 e. The molecule has 0 fully saturated rings. The molecule has 1 rings (SSSR count). The molecule has 1 atom stereocenters. The summed E-state index contributed by atoms with van der Waals surface area (Å²) < 4.78 is 4.84. The number of aliphatic carboxylic acids is 1. The third-order valence-electron chi connectivity index (χ3n) is 1.91. The number of carboxylic acid groups (broad SMARTS) is 1. The average Bonchev–Trinajstić information content (AvgIpc) is 2.26. The highest BCUT2D eigenvalue weighted by Gasteiger charge is 2.14. The zero-order valence-electron chi connectivity index (χ0n) is 8.59. The van der Waals surface area contributed by atoms with Gasteiger partial charge in [-0.05, 0) is 5.56 Å². The van der Waals surface area contributed by atoms with Crippen LogP contribution in [-0.4, -0.2) is 18.0 Å². The van der Waals surface area contributed by atoms with Gasteiger partial charge in [-0.1, -0.05) is 30.3 Å². The van der Waals surface area contributed by atoms with Crippen molar-refractivity contribution in [3.63, 3.8) is 0 Å². The van der Waals surface area contributed by atoms with Crippen molar-refractivity contribution in [2.45, 2.75) is 19.1 Å². The van der Waals surface area contributed by atoms with Crippen molar-refractivity contribution < 1.29 is 19.4 Å². The molecule has 5 heteroatoms. The van der Waals surface area contributed by atoms with Gasteiger partial charge in [-0.2, -0.15) is 0 Å². The van der Waals surface area contributed by atoms with E-state index in [1.807, 2.05) is 18.2 Å². The first-order valence-corrected chi connectivity index (χ1v) is 4.75. The summed E-state index contributed by atoms with van der Waals surface area (Å²) in [6, 6.07) is 7.87. The van der Waals surface area contributed by atoms with E-state index in [0.717, 1.165) is 5.56 Å². The van der Waals surface area contributed by atoms with E-state index in [4.69, 9.17) is 10.5 Å². The van der Waals surface area contributed by atoms with Crippen LogP contribution in [0, 0.1) is 0 Å². The van der Waals surface area contributed by atoms with Crippen molar-refractivity contribution in [3.8, 4) is 0 Å². The van der Waals surface area contributed by atoms with Crippen molar-refractivity contribution in [1.29, 1.82) is 0 Å². The molecule has 0 heterocycles. The highest BCUT2D eigenvalue weighted by Crippen LogP contribution is 2.02. The Bertz CT molecular complexity index is 364. The second-order valence-electron chi connectivity index (χ2n) is 3.28. The number of benzene rings is 1. The standard InChI is InChI=1S/C11H13NO4/c12-9(6-10(13)14)11(15)16-7-8-4-2-1-3-5-8/h1-5,9H,6-7,12H2,(H,13,14)/p-1/t9-/m0/s1. The second-order valence-corrected chi connectivity index (χ2v) is 3.28. The molecule has 0 saturated heterocycles. The van der Waals surface area contributed by atoms with Crippen LogP contribution in [0.1, 0.15) is 12.0 Å². The monoisotopic (exact) mass is 222 g/mol. The maximum absolute atomic E-state index is 11.2. The molecule has 0 unspecified atom stereocenters. The SMILES string of the molecule is N[C@@H](CC(=O)[O-])C(=O)OCc1ccccc1. The van der Waals surface area contributed by atoms with Crippen LogP contribution in [0.4, 0.5) is 0 Å². The molecule has 0 spiro atoms. The Morgan fingerprint density at radius 3 is 2.50 bits per heavy atom. The minimum absolute atomic E-state index is 0.0838. The Kier molecular flexibility index (Phi) is 4.47. The summed E-state index contributed by atoms with van der Waals surface area (Å²) in [6.45, 7) is 0.0838. The normalized spacial score (nSPS) is 11.8. The number of carbonyl (C=O) groups is 2. The van der Waals surface area contributed by atoms with Gasteiger partial charge in [-0.25, -0.2) is 0 Å². The van der Waals surface area contributed by atoms with Crippen LogP contribution >= 0.6 is 0 Å². The lowest BCUT2D eigenvalue weighted by Gasteiger charge is -2.11. The Hall–Kier alpha value is -1.88. The third kappa shape index (κ3) is 4.10. The molecule has 0 aromatic heterocycles. The zero-order valence-corrected chi connectivity index (χ0v) is 8.59. The first-order valence-electron chi connectivity index (χ1n) is 4.75. The Balaban J connectivity index is 2.38. The molecule has 0 amide bonds. The first kappa shape index (κ1) is 12.2. The number of carboxylic acids is 1. The molecule has 0 aliphatic rings. The van der Waals surface area contributed by atoms with Gasteiger partial charge in [0.2, 0.25) is 0 Å². The van der Waals surface area contributed by atoms with Crippen molar-refractivity contribution in [1.82, 2.24) is 0 Å². The van der Waals surface area contributed by atoms with Gasteiger partial charge < -0.3 is 20.4 Å². The molecule has 1 aromatic carbocycles. The molecule has 0 saturated carbocycles. The van der Waals surface area contributed by atoms with Crippen molar-refractivity contribution in [3.05, 3.63) is 35.9 Å². The fourth-order valence-electron chi connectivity index (χ4n) is 1.10. The maximum Gasteiger partial charge on any atom is 0.323 e. The molecular weight excluding hydrogens is 210 g/mol. The number of nitrogens with two attached hydrogens (primary N) is 1. The van der Waals surface area contributed by atoms with E-state index in [2.05, 4.69) is 0 Å². The predicted octanol–water partition coefficient (Wildman–Crippen LogP) is -0.803. The Labute approximate surface area is 92.8 Å². The summed E-state index contributed by atoms with van der Waals surface area (Å²) in [5, 5.41) is 10.2. The van der Waals surface area contributed by atoms with Crippen LogP contribution in [0.3, 0.4) is 0 Å². The van der Waals surface area contributed by atoms with E-state index in [9.17, 15) is 14.7 Å². The highest BCUT2D eigenvalue weighted by molar-refractivity contribution is 5.81. The molecule has 86 valence electrons. The van der Waals surface area contributed by atoms with E-state index in [0.29, 0.717) is 0 Å². The van der Waals surface area contributed by atoms with Crippen molar-refractivity contribution in [2.75, 3.05) is 0 Å². The summed E-state index contributed by atoms with van der Waals surface area (Å²) >= 11 is 0. The molecule has 2 N–H and O–H groups in total. The summed E-state index contributed by atoms with van der Waals surface area (Å²) in [7, 11) is 0. The molecule has 0 bridgehead atoms. The van der Waals surface area contributed by atoms with Gasteiger partial charge in [0.15, 0.2) is 0 Å². The minimum atomic E-state index is -1.37. The predicted molar refractivity (Wildman–Crippen MR) is 53.8 cm³/mol. The lowest BCUT2D eigenvalue weighted by atomic mass is 10.2. The lowest BCUT2D eigenvalue weighted by Crippen LogP contribution is -2.38. The van der Waals surface area contributed by atoms with Gasteiger partial charge in [-0.15, -0.1) is 0 Å². The van der Waals surface area contributed by atoms with E-state index in [-0.39, 0.29) is 6.61 Å². The van der Waals surface area contributed by atoms with Gasteiger partial charge >= 0.3 is 5.97 Å². The van der Waals surface area contributed by atoms with Gasteiger partial charge in [0.1, 0.15) is 12.6 Å². The summed E-state index contributed by atoms with van der Waals surface area (Å²) in [5.41, 5.74) is 6.10. The fraction of sp³-hybridized carbons (Fsp3) is 0.273. The molecule has 16 heavy (non-hydrogen) atoms. The van der Waals surface area contributed by atoms with Crippen LogP contribution in [0.25, 0.3) is 0 Å². The zero-order chi connectivity index (χ0) is 12.0. The lowest BCUT2D eigenvalue weighted by molar-refractivity contribution is -0.306. The van der Waals surface area contributed by atoms with Crippen molar-refractivity contribution >= 4 is 11.9 Å². The number of rotatable bonds is 5. The van der Waals surface area contributed by atoms with E-state index >= 15 is 0 Å². The summed E-state index contributed by atoms with van der Waals surface area (Å²) in [5.74, 6) is -2.11. The van der Waals surface area contributed by atoms with Gasteiger partial charge in [0.05, 0.1) is 0 Å². The maximum atomic E-state index is 11.2. The quantitative estimate of drug-likeness (QED) is 0.658. The average molecular weight is 222 g/mol.